The lowest BCUT2D eigenvalue weighted by atomic mass is 9.81. The third kappa shape index (κ3) is 5.78. The van der Waals surface area contributed by atoms with Gasteiger partial charge < -0.3 is 4.74 Å². The van der Waals surface area contributed by atoms with Crippen molar-refractivity contribution in [1.29, 1.82) is 0 Å². The fourth-order valence-electron chi connectivity index (χ4n) is 3.20. The first kappa shape index (κ1) is 18.2. The van der Waals surface area contributed by atoms with E-state index in [1.54, 1.807) is 7.11 Å². The van der Waals surface area contributed by atoms with Crippen molar-refractivity contribution in [3.63, 3.8) is 0 Å². The number of unbranched alkanes of at least 4 members (excludes halogenated alkanes) is 5. The Morgan fingerprint density at radius 1 is 1.14 bits per heavy atom. The van der Waals surface area contributed by atoms with Crippen LogP contribution in [0.3, 0.4) is 0 Å². The molecular formula is C19H32O2. The van der Waals surface area contributed by atoms with Crippen molar-refractivity contribution in [3.8, 4) is 0 Å². The maximum absolute atomic E-state index is 12.5. The van der Waals surface area contributed by atoms with Gasteiger partial charge in [0.05, 0.1) is 0 Å². The SMILES string of the molecule is CCCCCCCCC(=O)C(OC)C1C(C)=CCC=C1C. The average molecular weight is 292 g/mol. The number of hydrogen-bond acceptors (Lipinski definition) is 2. The molecule has 21 heavy (non-hydrogen) atoms. The Morgan fingerprint density at radius 2 is 1.71 bits per heavy atom. The first-order valence-electron chi connectivity index (χ1n) is 8.50. The van der Waals surface area contributed by atoms with Gasteiger partial charge in [-0.1, -0.05) is 62.3 Å². The summed E-state index contributed by atoms with van der Waals surface area (Å²) >= 11 is 0. The van der Waals surface area contributed by atoms with E-state index in [9.17, 15) is 4.79 Å². The molecule has 2 nitrogen and oxygen atoms in total. The van der Waals surface area contributed by atoms with Gasteiger partial charge in [-0.3, -0.25) is 4.79 Å². The van der Waals surface area contributed by atoms with E-state index < -0.39 is 0 Å². The first-order chi connectivity index (χ1) is 10.1. The highest BCUT2D eigenvalue weighted by atomic mass is 16.5. The van der Waals surface area contributed by atoms with Crippen LogP contribution < -0.4 is 0 Å². The number of carbonyl (C=O) groups is 1. The van der Waals surface area contributed by atoms with Crippen LogP contribution in [0, 0.1) is 5.92 Å². The highest BCUT2D eigenvalue weighted by Crippen LogP contribution is 2.31. The summed E-state index contributed by atoms with van der Waals surface area (Å²) in [6, 6.07) is 0. The van der Waals surface area contributed by atoms with Gasteiger partial charge in [0.15, 0.2) is 5.78 Å². The van der Waals surface area contributed by atoms with Crippen LogP contribution in [0.15, 0.2) is 23.3 Å². The van der Waals surface area contributed by atoms with Crippen molar-refractivity contribution in [1.82, 2.24) is 0 Å². The fraction of sp³-hybridized carbons (Fsp3) is 0.737. The summed E-state index contributed by atoms with van der Waals surface area (Å²) in [5.74, 6) is 0.414. The zero-order valence-electron chi connectivity index (χ0n) is 14.3. The van der Waals surface area contributed by atoms with Crippen molar-refractivity contribution in [2.24, 2.45) is 5.92 Å². The number of ether oxygens (including phenoxy) is 1. The van der Waals surface area contributed by atoms with Gasteiger partial charge in [0.1, 0.15) is 6.10 Å². The minimum atomic E-state index is -0.298. The topological polar surface area (TPSA) is 26.3 Å². The molecule has 0 spiro atoms. The summed E-state index contributed by atoms with van der Waals surface area (Å²) in [7, 11) is 1.67. The van der Waals surface area contributed by atoms with Gasteiger partial charge in [-0.25, -0.2) is 0 Å². The van der Waals surface area contributed by atoms with Crippen LogP contribution in [0.2, 0.25) is 0 Å². The van der Waals surface area contributed by atoms with Crippen molar-refractivity contribution in [2.45, 2.75) is 78.2 Å². The van der Waals surface area contributed by atoms with Gasteiger partial charge in [-0.2, -0.15) is 0 Å². The van der Waals surface area contributed by atoms with Crippen LogP contribution in [-0.4, -0.2) is 19.0 Å². The van der Waals surface area contributed by atoms with E-state index in [1.165, 1.54) is 36.8 Å². The molecule has 1 atom stereocenters. The number of allylic oxidation sites excluding steroid dienone is 2. The smallest absolute Gasteiger partial charge is 0.162 e. The van der Waals surface area contributed by atoms with Gasteiger partial charge >= 0.3 is 0 Å². The molecule has 0 radical (unpaired) electrons. The molecule has 0 aromatic heterocycles. The number of Topliss-reactive ketones (excluding diaryl/α,β-unsaturated/α-hetero) is 1. The number of hydrogen-bond donors (Lipinski definition) is 0. The predicted molar refractivity (Wildman–Crippen MR) is 89.4 cm³/mol. The third-order valence-electron chi connectivity index (χ3n) is 4.51. The Balaban J connectivity index is 2.44. The van der Waals surface area contributed by atoms with Crippen LogP contribution in [0.1, 0.15) is 72.1 Å². The largest absolute Gasteiger partial charge is 0.373 e. The lowest BCUT2D eigenvalue weighted by molar-refractivity contribution is -0.130. The summed E-state index contributed by atoms with van der Waals surface area (Å²) in [4.78, 5) is 12.5. The number of methoxy groups -OCH3 is 1. The second-order valence-electron chi connectivity index (χ2n) is 6.25. The van der Waals surface area contributed by atoms with Crippen LogP contribution in [-0.2, 0) is 9.53 Å². The number of ketones is 1. The summed E-state index contributed by atoms with van der Waals surface area (Å²) in [6.07, 6.45) is 13.0. The highest BCUT2D eigenvalue weighted by Gasteiger charge is 2.30. The molecule has 1 aliphatic carbocycles. The third-order valence-corrected chi connectivity index (χ3v) is 4.51. The van der Waals surface area contributed by atoms with E-state index >= 15 is 0 Å². The number of rotatable bonds is 10. The quantitative estimate of drug-likeness (QED) is 0.407. The number of carbonyl (C=O) groups excluding carboxylic acids is 1. The molecule has 0 saturated carbocycles. The van der Waals surface area contributed by atoms with E-state index in [2.05, 4.69) is 32.9 Å². The Morgan fingerprint density at radius 3 is 2.29 bits per heavy atom. The second-order valence-corrected chi connectivity index (χ2v) is 6.25. The first-order valence-corrected chi connectivity index (χ1v) is 8.50. The van der Waals surface area contributed by atoms with Crippen LogP contribution in [0.25, 0.3) is 0 Å². The molecule has 1 rings (SSSR count). The van der Waals surface area contributed by atoms with Gasteiger partial charge in [0, 0.05) is 19.4 Å². The predicted octanol–water partition coefficient (Wildman–Crippen LogP) is 5.23. The van der Waals surface area contributed by atoms with Crippen molar-refractivity contribution in [2.75, 3.05) is 7.11 Å². The molecule has 1 aliphatic rings. The molecule has 1 unspecified atom stereocenters. The molecule has 0 aromatic carbocycles. The van der Waals surface area contributed by atoms with Crippen molar-refractivity contribution in [3.05, 3.63) is 23.3 Å². The van der Waals surface area contributed by atoms with Crippen molar-refractivity contribution < 1.29 is 9.53 Å². The Hall–Kier alpha value is -0.890. The van der Waals surface area contributed by atoms with Crippen LogP contribution >= 0.6 is 0 Å². The minimum Gasteiger partial charge on any atom is -0.373 e. The zero-order valence-corrected chi connectivity index (χ0v) is 14.3. The molecule has 0 aliphatic heterocycles. The standard InChI is InChI=1S/C19H32O2/c1-5-6-7-8-9-10-14-17(20)19(21-4)18-15(2)12-11-13-16(18)3/h12-13,18-19H,5-11,14H2,1-4H3. The molecule has 0 bridgehead atoms. The van der Waals surface area contributed by atoms with Gasteiger partial charge in [0.2, 0.25) is 0 Å². The second kappa shape index (κ2) is 9.94. The molecule has 0 amide bonds. The molecule has 0 N–H and O–H groups in total. The summed E-state index contributed by atoms with van der Waals surface area (Å²) < 4.78 is 5.56. The molecular weight excluding hydrogens is 260 g/mol. The van der Waals surface area contributed by atoms with E-state index in [-0.39, 0.29) is 17.8 Å². The molecule has 0 heterocycles. The van der Waals surface area contributed by atoms with Crippen LogP contribution in [0.4, 0.5) is 0 Å². The van der Waals surface area contributed by atoms with Crippen molar-refractivity contribution >= 4 is 5.78 Å². The van der Waals surface area contributed by atoms with Gasteiger partial charge in [0.25, 0.3) is 0 Å². The van der Waals surface area contributed by atoms with Gasteiger partial charge in [-0.05, 0) is 26.7 Å². The highest BCUT2D eigenvalue weighted by molar-refractivity contribution is 5.84. The molecule has 0 saturated heterocycles. The summed E-state index contributed by atoms with van der Waals surface area (Å²) in [5, 5.41) is 0. The monoisotopic (exact) mass is 292 g/mol. The lowest BCUT2D eigenvalue weighted by Gasteiger charge is -2.29. The maximum Gasteiger partial charge on any atom is 0.162 e. The summed E-state index contributed by atoms with van der Waals surface area (Å²) in [5.41, 5.74) is 2.55. The normalized spacial score (nSPS) is 17.3. The average Bonchev–Trinajstić information content (AvgIpc) is 2.46. The van der Waals surface area contributed by atoms with Crippen LogP contribution in [0.5, 0.6) is 0 Å². The molecule has 0 aromatic rings. The zero-order chi connectivity index (χ0) is 15.7. The Labute approximate surface area is 130 Å². The molecule has 2 heteroatoms. The summed E-state index contributed by atoms with van der Waals surface area (Å²) in [6.45, 7) is 6.46. The maximum atomic E-state index is 12.5. The van der Waals surface area contributed by atoms with Gasteiger partial charge in [-0.15, -0.1) is 0 Å². The molecule has 0 fully saturated rings. The minimum absolute atomic E-state index is 0.149. The van der Waals surface area contributed by atoms with E-state index in [0.717, 1.165) is 19.3 Å². The Bertz CT molecular complexity index is 361. The van der Waals surface area contributed by atoms with E-state index in [0.29, 0.717) is 6.42 Å². The van der Waals surface area contributed by atoms with E-state index in [4.69, 9.17) is 4.74 Å². The van der Waals surface area contributed by atoms with E-state index in [1.807, 2.05) is 0 Å². The lowest BCUT2D eigenvalue weighted by Crippen LogP contribution is -2.34. The molecule has 120 valence electrons. The Kier molecular flexibility index (Phi) is 8.60. The fourth-order valence-corrected chi connectivity index (χ4v) is 3.20.